The summed E-state index contributed by atoms with van der Waals surface area (Å²) in [7, 11) is -2.64. The quantitative estimate of drug-likeness (QED) is 0.845. The van der Waals surface area contributed by atoms with Gasteiger partial charge in [0.15, 0.2) is 0 Å². The van der Waals surface area contributed by atoms with Crippen LogP contribution in [0.1, 0.15) is 16.6 Å². The number of esters is 1. The molecule has 0 saturated heterocycles. The summed E-state index contributed by atoms with van der Waals surface area (Å²) in [5.41, 5.74) is 0.342. The number of carbonyl (C=O) groups is 1. The van der Waals surface area contributed by atoms with Gasteiger partial charge in [-0.05, 0) is 18.4 Å². The summed E-state index contributed by atoms with van der Waals surface area (Å²) in [6, 6.07) is 1.36. The molecule has 0 atom stereocenters. The van der Waals surface area contributed by atoms with Gasteiger partial charge < -0.3 is 4.74 Å². The second-order valence-electron chi connectivity index (χ2n) is 3.80. The first kappa shape index (κ1) is 14.5. The topological polar surface area (TPSA) is 90.3 Å². The predicted molar refractivity (Wildman–Crippen MR) is 74.4 cm³/mol. The van der Waals surface area contributed by atoms with Crippen molar-refractivity contribution in [2.75, 3.05) is 11.8 Å². The Morgan fingerprint density at radius 3 is 2.90 bits per heavy atom. The van der Waals surface area contributed by atoms with Gasteiger partial charge in [0, 0.05) is 12.7 Å². The molecule has 0 aliphatic heterocycles. The van der Waals surface area contributed by atoms with E-state index in [1.165, 1.54) is 24.8 Å². The first-order chi connectivity index (χ1) is 9.47. The molecule has 0 saturated carbocycles. The summed E-state index contributed by atoms with van der Waals surface area (Å²) >= 11 is 1.01. The van der Waals surface area contributed by atoms with Crippen molar-refractivity contribution >= 4 is 33.0 Å². The van der Waals surface area contributed by atoms with E-state index in [4.69, 9.17) is 0 Å². The number of thiophene rings is 1. The molecule has 7 nitrogen and oxygen atoms in total. The smallest absolute Gasteiger partial charge is 0.349 e. The molecule has 0 spiro atoms. The minimum Gasteiger partial charge on any atom is -0.465 e. The molecule has 9 heteroatoms. The monoisotopic (exact) mass is 315 g/mol. The van der Waals surface area contributed by atoms with Crippen molar-refractivity contribution in [1.29, 1.82) is 0 Å². The third-order valence-electron chi connectivity index (χ3n) is 2.50. The fraction of sp³-hybridized carbons (Fsp3) is 0.273. The highest BCUT2D eigenvalue weighted by Crippen LogP contribution is 2.24. The Hall–Kier alpha value is -1.87. The minimum absolute atomic E-state index is 0.0443. The standard InChI is InChI=1S/C11H13N3O4S2/c1-3-14-7-8(6-12-14)13-20(16,17)9-4-5-19-10(9)11(15)18-2/h4-7,13H,3H2,1-2H3. The first-order valence-electron chi connectivity index (χ1n) is 5.69. The summed E-state index contributed by atoms with van der Waals surface area (Å²) < 4.78 is 33.0. The lowest BCUT2D eigenvalue weighted by Gasteiger charge is -2.05. The molecule has 2 rings (SSSR count). The van der Waals surface area contributed by atoms with Crippen LogP contribution in [0.15, 0.2) is 28.7 Å². The molecule has 0 aromatic carbocycles. The van der Waals surface area contributed by atoms with Gasteiger partial charge in [-0.3, -0.25) is 9.40 Å². The summed E-state index contributed by atoms with van der Waals surface area (Å²) in [5, 5.41) is 5.50. The number of hydrogen-bond donors (Lipinski definition) is 1. The lowest BCUT2D eigenvalue weighted by molar-refractivity contribution is 0.0602. The number of rotatable bonds is 5. The number of aromatic nitrogens is 2. The normalized spacial score (nSPS) is 11.3. The number of aryl methyl sites for hydroxylation is 1. The van der Waals surface area contributed by atoms with Gasteiger partial charge in [0.25, 0.3) is 10.0 Å². The SMILES string of the molecule is CCn1cc(NS(=O)(=O)c2ccsc2C(=O)OC)cn1. The molecule has 0 bridgehead atoms. The van der Waals surface area contributed by atoms with Crippen LogP contribution in [0, 0.1) is 0 Å². The molecule has 0 fully saturated rings. The van der Waals surface area contributed by atoms with E-state index in [1.807, 2.05) is 6.92 Å². The lowest BCUT2D eigenvalue weighted by Crippen LogP contribution is -2.15. The van der Waals surface area contributed by atoms with E-state index in [0.29, 0.717) is 12.2 Å². The highest BCUT2D eigenvalue weighted by molar-refractivity contribution is 7.93. The van der Waals surface area contributed by atoms with E-state index in [1.54, 1.807) is 10.9 Å². The van der Waals surface area contributed by atoms with Crippen LogP contribution >= 0.6 is 11.3 Å². The Bertz CT molecular complexity index is 718. The van der Waals surface area contributed by atoms with Crippen molar-refractivity contribution in [2.45, 2.75) is 18.4 Å². The Morgan fingerprint density at radius 1 is 1.55 bits per heavy atom. The minimum atomic E-state index is -3.84. The molecule has 0 aliphatic rings. The zero-order chi connectivity index (χ0) is 14.8. The molecule has 1 N–H and O–H groups in total. The lowest BCUT2D eigenvalue weighted by atomic mass is 10.5. The fourth-order valence-corrected chi connectivity index (χ4v) is 3.91. The molecular formula is C11H13N3O4S2. The maximum absolute atomic E-state index is 12.3. The molecule has 0 amide bonds. The van der Waals surface area contributed by atoms with Crippen LogP contribution in [0.2, 0.25) is 0 Å². The van der Waals surface area contributed by atoms with Crippen molar-refractivity contribution < 1.29 is 17.9 Å². The average Bonchev–Trinajstić information content (AvgIpc) is 3.05. The van der Waals surface area contributed by atoms with Crippen molar-refractivity contribution in [2.24, 2.45) is 0 Å². The molecule has 108 valence electrons. The van der Waals surface area contributed by atoms with E-state index < -0.39 is 16.0 Å². The fourth-order valence-electron chi connectivity index (χ4n) is 1.55. The first-order valence-corrected chi connectivity index (χ1v) is 8.05. The number of carbonyl (C=O) groups excluding carboxylic acids is 1. The molecule has 0 unspecified atom stereocenters. The Morgan fingerprint density at radius 2 is 2.30 bits per heavy atom. The Kier molecular flexibility index (Phi) is 4.09. The van der Waals surface area contributed by atoms with E-state index in [0.717, 1.165) is 11.3 Å². The summed E-state index contributed by atoms with van der Waals surface area (Å²) in [4.78, 5) is 11.5. The van der Waals surface area contributed by atoms with Crippen molar-refractivity contribution in [3.05, 3.63) is 28.7 Å². The predicted octanol–water partition coefficient (Wildman–Crippen LogP) is 1.55. The van der Waals surface area contributed by atoms with Crippen molar-refractivity contribution in [3.8, 4) is 0 Å². The van der Waals surface area contributed by atoms with Gasteiger partial charge in [0.2, 0.25) is 0 Å². The van der Waals surface area contributed by atoms with Crippen molar-refractivity contribution in [1.82, 2.24) is 9.78 Å². The van der Waals surface area contributed by atoms with Crippen LogP contribution in [-0.4, -0.2) is 31.3 Å². The molecule has 0 aliphatic carbocycles. The molecule has 2 aromatic heterocycles. The zero-order valence-electron chi connectivity index (χ0n) is 10.9. The molecular weight excluding hydrogens is 302 g/mol. The average molecular weight is 315 g/mol. The highest BCUT2D eigenvalue weighted by atomic mass is 32.2. The van der Waals surface area contributed by atoms with Crippen LogP contribution in [0.25, 0.3) is 0 Å². The Balaban J connectivity index is 2.31. The van der Waals surface area contributed by atoms with Gasteiger partial charge in [-0.2, -0.15) is 5.10 Å². The van der Waals surface area contributed by atoms with E-state index in [-0.39, 0.29) is 9.77 Å². The van der Waals surface area contributed by atoms with Crippen LogP contribution in [0.5, 0.6) is 0 Å². The van der Waals surface area contributed by atoms with Crippen LogP contribution in [0.4, 0.5) is 5.69 Å². The van der Waals surface area contributed by atoms with E-state index in [9.17, 15) is 13.2 Å². The second-order valence-corrected chi connectivity index (χ2v) is 6.36. The van der Waals surface area contributed by atoms with Gasteiger partial charge in [0.05, 0.1) is 19.0 Å². The number of nitrogens with one attached hydrogen (secondary N) is 1. The van der Waals surface area contributed by atoms with Gasteiger partial charge >= 0.3 is 5.97 Å². The number of nitrogens with zero attached hydrogens (tertiary/aromatic N) is 2. The molecule has 20 heavy (non-hydrogen) atoms. The Labute approximate surface area is 120 Å². The maximum Gasteiger partial charge on any atom is 0.349 e. The summed E-state index contributed by atoms with van der Waals surface area (Å²) in [5.74, 6) is -0.676. The number of anilines is 1. The van der Waals surface area contributed by atoms with Gasteiger partial charge in [-0.25, -0.2) is 13.2 Å². The molecule has 2 aromatic rings. The third kappa shape index (κ3) is 2.83. The van der Waals surface area contributed by atoms with Gasteiger partial charge in [-0.1, -0.05) is 0 Å². The molecule has 0 radical (unpaired) electrons. The van der Waals surface area contributed by atoms with Gasteiger partial charge in [0.1, 0.15) is 9.77 Å². The summed E-state index contributed by atoms with van der Waals surface area (Å²) in [6.45, 7) is 2.52. The third-order valence-corrected chi connectivity index (χ3v) is 4.95. The number of ether oxygens (including phenoxy) is 1. The van der Waals surface area contributed by atoms with Crippen LogP contribution < -0.4 is 4.72 Å². The van der Waals surface area contributed by atoms with E-state index >= 15 is 0 Å². The highest BCUT2D eigenvalue weighted by Gasteiger charge is 2.25. The number of sulfonamides is 1. The van der Waals surface area contributed by atoms with E-state index in [2.05, 4.69) is 14.6 Å². The largest absolute Gasteiger partial charge is 0.465 e. The number of hydrogen-bond acceptors (Lipinski definition) is 6. The van der Waals surface area contributed by atoms with Crippen LogP contribution in [-0.2, 0) is 21.3 Å². The van der Waals surface area contributed by atoms with Crippen molar-refractivity contribution in [3.63, 3.8) is 0 Å². The van der Waals surface area contributed by atoms with Gasteiger partial charge in [-0.15, -0.1) is 11.3 Å². The zero-order valence-corrected chi connectivity index (χ0v) is 12.5. The molecule has 2 heterocycles. The van der Waals surface area contributed by atoms with Crippen LogP contribution in [0.3, 0.4) is 0 Å². The maximum atomic E-state index is 12.3. The summed E-state index contributed by atoms with van der Waals surface area (Å²) in [6.07, 6.45) is 2.98. The second kappa shape index (κ2) is 5.63. The number of methoxy groups -OCH3 is 1.